The first-order valence-corrected chi connectivity index (χ1v) is 8.25. The third-order valence-corrected chi connectivity index (χ3v) is 4.93. The molecule has 1 N–H and O–H groups in total. The van der Waals surface area contributed by atoms with Crippen LogP contribution in [0.2, 0.25) is 0 Å². The molecular formula is C16H19F2N5O. The number of benzene rings is 1. The number of rotatable bonds is 5. The van der Waals surface area contributed by atoms with Crippen LogP contribution in [0, 0.1) is 11.6 Å². The van der Waals surface area contributed by atoms with Crippen LogP contribution in [0.1, 0.15) is 49.2 Å². The number of hydrogen-bond donors (Lipinski definition) is 1. The maximum Gasteiger partial charge on any atom is 0.168 e. The predicted octanol–water partition coefficient (Wildman–Crippen LogP) is 1.98. The zero-order valence-corrected chi connectivity index (χ0v) is 13.1. The van der Waals surface area contributed by atoms with E-state index in [1.807, 2.05) is 9.58 Å². The molecule has 2 aliphatic rings. The van der Waals surface area contributed by atoms with Crippen LogP contribution in [0.15, 0.2) is 18.2 Å². The molecule has 0 unspecified atom stereocenters. The first kappa shape index (κ1) is 15.6. The summed E-state index contributed by atoms with van der Waals surface area (Å²) in [7, 11) is 0. The molecule has 1 aliphatic heterocycles. The quantitative estimate of drug-likeness (QED) is 0.905. The van der Waals surface area contributed by atoms with E-state index < -0.39 is 11.6 Å². The summed E-state index contributed by atoms with van der Waals surface area (Å²) >= 11 is 0. The van der Waals surface area contributed by atoms with Crippen molar-refractivity contribution < 1.29 is 13.9 Å². The number of aliphatic hydroxyl groups is 1. The summed E-state index contributed by atoms with van der Waals surface area (Å²) in [6.45, 7) is 0.282. The van der Waals surface area contributed by atoms with Gasteiger partial charge in [0.05, 0.1) is 18.7 Å². The Balaban J connectivity index is 1.62. The van der Waals surface area contributed by atoms with Crippen molar-refractivity contribution in [2.45, 2.75) is 50.4 Å². The fourth-order valence-corrected chi connectivity index (χ4v) is 3.49. The monoisotopic (exact) mass is 335 g/mol. The third-order valence-electron chi connectivity index (χ3n) is 4.93. The molecule has 1 aromatic carbocycles. The van der Waals surface area contributed by atoms with Crippen molar-refractivity contribution >= 4 is 0 Å². The molecule has 1 aromatic heterocycles. The first-order valence-electron chi connectivity index (χ1n) is 8.25. The van der Waals surface area contributed by atoms with Crippen molar-refractivity contribution in [1.29, 1.82) is 0 Å². The van der Waals surface area contributed by atoms with E-state index in [1.165, 1.54) is 12.1 Å². The van der Waals surface area contributed by atoms with Crippen LogP contribution in [0.4, 0.5) is 8.78 Å². The molecule has 0 spiro atoms. The molecule has 0 amide bonds. The fraction of sp³-hybridized carbons (Fsp3) is 0.562. The summed E-state index contributed by atoms with van der Waals surface area (Å²) in [5.74, 6) is -0.388. The zero-order chi connectivity index (χ0) is 16.7. The van der Waals surface area contributed by atoms with Crippen LogP contribution >= 0.6 is 0 Å². The Morgan fingerprint density at radius 2 is 2.00 bits per heavy atom. The Kier molecular flexibility index (Phi) is 4.01. The topological polar surface area (TPSA) is 67.1 Å². The summed E-state index contributed by atoms with van der Waals surface area (Å²) in [6, 6.07) is 3.81. The van der Waals surface area contributed by atoms with Crippen LogP contribution in [-0.4, -0.2) is 42.9 Å². The molecule has 2 aromatic rings. The van der Waals surface area contributed by atoms with E-state index in [2.05, 4.69) is 15.5 Å². The normalized spacial score (nSPS) is 24.6. The summed E-state index contributed by atoms with van der Waals surface area (Å²) in [5.41, 5.74) is 0.409. The number of nitrogens with zero attached hydrogens (tertiary/aromatic N) is 5. The molecule has 24 heavy (non-hydrogen) atoms. The van der Waals surface area contributed by atoms with Gasteiger partial charge in [-0.05, 0) is 42.2 Å². The number of aliphatic hydroxyl groups excluding tert-OH is 1. The van der Waals surface area contributed by atoms with Crippen molar-refractivity contribution in [2.24, 2.45) is 0 Å². The molecule has 1 aliphatic carbocycles. The van der Waals surface area contributed by atoms with Crippen molar-refractivity contribution in [2.75, 3.05) is 6.61 Å². The van der Waals surface area contributed by atoms with Gasteiger partial charge in [-0.2, -0.15) is 0 Å². The second kappa shape index (κ2) is 6.18. The minimum absolute atomic E-state index is 0.00962. The van der Waals surface area contributed by atoms with Crippen molar-refractivity contribution in [3.63, 3.8) is 0 Å². The summed E-state index contributed by atoms with van der Waals surface area (Å²) in [5, 5.41) is 21.7. The van der Waals surface area contributed by atoms with E-state index in [9.17, 15) is 13.9 Å². The molecule has 2 heterocycles. The number of tetrazole rings is 1. The molecular weight excluding hydrogens is 316 g/mol. The van der Waals surface area contributed by atoms with Crippen LogP contribution in [0.5, 0.6) is 0 Å². The van der Waals surface area contributed by atoms with Crippen molar-refractivity contribution in [3.8, 4) is 0 Å². The van der Waals surface area contributed by atoms with E-state index >= 15 is 0 Å². The summed E-state index contributed by atoms with van der Waals surface area (Å²) in [4.78, 5) is 2.03. The lowest BCUT2D eigenvalue weighted by molar-refractivity contribution is 0.115. The molecule has 1 saturated heterocycles. The van der Waals surface area contributed by atoms with Gasteiger partial charge < -0.3 is 5.11 Å². The van der Waals surface area contributed by atoms with E-state index in [1.54, 1.807) is 0 Å². The lowest BCUT2D eigenvalue weighted by Crippen LogP contribution is -2.35. The van der Waals surface area contributed by atoms with Gasteiger partial charge in [-0.3, -0.25) is 4.90 Å². The molecule has 0 bridgehead atoms. The molecule has 8 heteroatoms. The van der Waals surface area contributed by atoms with E-state index in [4.69, 9.17) is 0 Å². The average molecular weight is 335 g/mol. The van der Waals surface area contributed by atoms with E-state index in [0.717, 1.165) is 37.6 Å². The Hall–Kier alpha value is -1.93. The highest BCUT2D eigenvalue weighted by Gasteiger charge is 2.39. The van der Waals surface area contributed by atoms with Gasteiger partial charge in [0.25, 0.3) is 0 Å². The van der Waals surface area contributed by atoms with Gasteiger partial charge >= 0.3 is 0 Å². The Morgan fingerprint density at radius 3 is 2.71 bits per heavy atom. The van der Waals surface area contributed by atoms with Crippen LogP contribution in [-0.2, 0) is 6.54 Å². The molecule has 2 atom stereocenters. The van der Waals surface area contributed by atoms with Gasteiger partial charge in [-0.1, -0.05) is 6.07 Å². The standard InChI is InChI=1S/C16H19F2N5O/c17-11-2-1-10(14(18)7-11)8-22-13(9-24)5-6-15(22)16-19-20-21-23(16)12-3-4-12/h1-2,7,12-13,15,24H,3-6,8-9H2/t13-,15-/m0/s1. The molecule has 6 nitrogen and oxygen atoms in total. The molecule has 4 rings (SSSR count). The Morgan fingerprint density at radius 1 is 1.17 bits per heavy atom. The van der Waals surface area contributed by atoms with Gasteiger partial charge in [0.2, 0.25) is 0 Å². The molecule has 2 fully saturated rings. The smallest absolute Gasteiger partial charge is 0.168 e. The number of hydrogen-bond acceptors (Lipinski definition) is 5. The molecule has 1 saturated carbocycles. The van der Waals surface area contributed by atoms with Gasteiger partial charge in [-0.25, -0.2) is 13.5 Å². The van der Waals surface area contributed by atoms with E-state index in [0.29, 0.717) is 18.2 Å². The van der Waals surface area contributed by atoms with Crippen LogP contribution < -0.4 is 0 Å². The number of halogens is 2. The highest BCUT2D eigenvalue weighted by atomic mass is 19.1. The van der Waals surface area contributed by atoms with Gasteiger partial charge in [0, 0.05) is 24.2 Å². The van der Waals surface area contributed by atoms with Gasteiger partial charge in [0.15, 0.2) is 5.82 Å². The summed E-state index contributed by atoms with van der Waals surface area (Å²) in [6.07, 6.45) is 3.74. The second-order valence-electron chi connectivity index (χ2n) is 6.55. The largest absolute Gasteiger partial charge is 0.395 e. The first-order chi connectivity index (χ1) is 11.7. The Bertz CT molecular complexity index is 733. The maximum atomic E-state index is 14.0. The van der Waals surface area contributed by atoms with Crippen molar-refractivity contribution in [3.05, 3.63) is 41.2 Å². The van der Waals surface area contributed by atoms with Crippen LogP contribution in [0.25, 0.3) is 0 Å². The minimum atomic E-state index is -0.592. The second-order valence-corrected chi connectivity index (χ2v) is 6.55. The van der Waals surface area contributed by atoms with Crippen LogP contribution in [0.3, 0.4) is 0 Å². The predicted molar refractivity (Wildman–Crippen MR) is 80.8 cm³/mol. The lowest BCUT2D eigenvalue weighted by Gasteiger charge is -2.28. The maximum absolute atomic E-state index is 14.0. The third kappa shape index (κ3) is 2.80. The number of likely N-dealkylation sites (tertiary alicyclic amines) is 1. The SMILES string of the molecule is OC[C@@H]1CC[C@@H](c2nnnn2C2CC2)N1Cc1ccc(F)cc1F. The average Bonchev–Trinajstić information content (AvgIpc) is 3.16. The molecule has 128 valence electrons. The zero-order valence-electron chi connectivity index (χ0n) is 13.1. The molecule has 0 radical (unpaired) electrons. The minimum Gasteiger partial charge on any atom is -0.395 e. The van der Waals surface area contributed by atoms with E-state index in [-0.39, 0.29) is 18.7 Å². The Labute approximate surface area is 138 Å². The lowest BCUT2D eigenvalue weighted by atomic mass is 10.1. The van der Waals surface area contributed by atoms with Gasteiger partial charge in [-0.15, -0.1) is 5.10 Å². The highest BCUT2D eigenvalue weighted by Crippen LogP contribution is 2.41. The number of aromatic nitrogens is 4. The van der Waals surface area contributed by atoms with Gasteiger partial charge in [0.1, 0.15) is 11.6 Å². The highest BCUT2D eigenvalue weighted by molar-refractivity contribution is 5.19. The summed E-state index contributed by atoms with van der Waals surface area (Å²) < 4.78 is 29.0. The van der Waals surface area contributed by atoms with Crippen molar-refractivity contribution in [1.82, 2.24) is 25.1 Å². The fourth-order valence-electron chi connectivity index (χ4n) is 3.49.